The maximum atomic E-state index is 13.6. The summed E-state index contributed by atoms with van der Waals surface area (Å²) in [5, 5.41) is 2.65. The van der Waals surface area contributed by atoms with Crippen molar-refractivity contribution < 1.29 is 33.3 Å². The number of carbonyl (C=O) groups excluding carboxylic acids is 3. The molecular weight excluding hydrogens is 490 g/mol. The Kier molecular flexibility index (Phi) is 7.84. The molecular formula is C28H41N3O7. The molecule has 0 radical (unpaired) electrons. The van der Waals surface area contributed by atoms with Crippen LogP contribution in [0.4, 0.5) is 4.79 Å². The first kappa shape index (κ1) is 28.0. The van der Waals surface area contributed by atoms with Gasteiger partial charge in [0.2, 0.25) is 11.8 Å². The van der Waals surface area contributed by atoms with Gasteiger partial charge < -0.3 is 34.9 Å². The molecule has 0 bridgehead atoms. The van der Waals surface area contributed by atoms with Gasteiger partial charge in [0.1, 0.15) is 17.2 Å². The van der Waals surface area contributed by atoms with Gasteiger partial charge in [0.15, 0.2) is 11.5 Å². The number of para-hydroxylation sites is 1. The highest BCUT2D eigenvalue weighted by atomic mass is 16.6. The van der Waals surface area contributed by atoms with Crippen molar-refractivity contribution >= 4 is 17.9 Å². The number of primary amides is 1. The molecule has 4 rings (SSSR count). The average Bonchev–Trinajstić information content (AvgIpc) is 2.83. The minimum atomic E-state index is -0.903. The number of likely N-dealkylation sites (tertiary alicyclic amines) is 1. The molecule has 0 aromatic heterocycles. The molecule has 38 heavy (non-hydrogen) atoms. The third-order valence-electron chi connectivity index (χ3n) is 7.68. The number of methoxy groups -OCH3 is 1. The Morgan fingerprint density at radius 2 is 2.00 bits per heavy atom. The van der Waals surface area contributed by atoms with Gasteiger partial charge in [-0.05, 0) is 59.9 Å². The largest absolute Gasteiger partial charge is 0.493 e. The van der Waals surface area contributed by atoms with E-state index < -0.39 is 29.2 Å². The number of hydrogen-bond donors (Lipinski definition) is 2. The Hall–Kier alpha value is -3.01. The summed E-state index contributed by atoms with van der Waals surface area (Å²) in [6.45, 7) is 10.4. The number of ether oxygens (including phenoxy) is 4. The lowest BCUT2D eigenvalue weighted by atomic mass is 9.70. The minimum Gasteiger partial charge on any atom is -0.493 e. The topological polar surface area (TPSA) is 129 Å². The van der Waals surface area contributed by atoms with Crippen LogP contribution in [0.5, 0.6) is 11.5 Å². The van der Waals surface area contributed by atoms with Gasteiger partial charge in [-0.15, -0.1) is 0 Å². The Bertz CT molecular complexity index is 1070. The Morgan fingerprint density at radius 3 is 2.66 bits per heavy atom. The molecule has 3 aliphatic heterocycles. The summed E-state index contributed by atoms with van der Waals surface area (Å²) in [6, 6.07) is 4.98. The van der Waals surface area contributed by atoms with E-state index >= 15 is 0 Å². The molecule has 3 aliphatic rings. The van der Waals surface area contributed by atoms with Gasteiger partial charge in [0, 0.05) is 36.9 Å². The molecule has 210 valence electrons. The average molecular weight is 532 g/mol. The predicted octanol–water partition coefficient (Wildman–Crippen LogP) is 3.32. The molecule has 2 fully saturated rings. The normalized spacial score (nSPS) is 26.5. The second kappa shape index (κ2) is 10.6. The molecule has 1 aromatic rings. The SMILES string of the molecule is COc1cccc2c1OC(C)(C)[C@@H]1C[C@H]3CN(C(=O)[C@H](CCC(N)=O)NC(=O)OC(C)(C)C)CC[C@H]3O[C@@H]21. The molecule has 0 saturated carbocycles. The molecule has 5 atom stereocenters. The number of fused-ring (bicyclic) bond motifs is 4. The van der Waals surface area contributed by atoms with Crippen molar-refractivity contribution in [1.82, 2.24) is 10.2 Å². The van der Waals surface area contributed by atoms with Crippen LogP contribution in [0, 0.1) is 11.8 Å². The molecule has 3 N–H and O–H groups in total. The summed E-state index contributed by atoms with van der Waals surface area (Å²) in [7, 11) is 1.64. The van der Waals surface area contributed by atoms with Crippen molar-refractivity contribution in [2.24, 2.45) is 17.6 Å². The van der Waals surface area contributed by atoms with E-state index in [9.17, 15) is 14.4 Å². The van der Waals surface area contributed by atoms with Crippen LogP contribution < -0.4 is 20.5 Å². The summed E-state index contributed by atoms with van der Waals surface area (Å²) in [6.07, 6.45) is 0.769. The van der Waals surface area contributed by atoms with Crippen LogP contribution >= 0.6 is 0 Å². The van der Waals surface area contributed by atoms with Crippen LogP contribution in [-0.2, 0) is 19.1 Å². The summed E-state index contributed by atoms with van der Waals surface area (Å²) in [5.41, 5.74) is 5.12. The number of nitrogens with two attached hydrogens (primary N) is 1. The third-order valence-corrected chi connectivity index (χ3v) is 7.68. The number of alkyl carbamates (subject to hydrolysis) is 1. The number of hydrogen-bond acceptors (Lipinski definition) is 7. The minimum absolute atomic E-state index is 0.00358. The third kappa shape index (κ3) is 6.00. The number of carbonyl (C=O) groups is 3. The number of nitrogens with one attached hydrogen (secondary N) is 1. The van der Waals surface area contributed by atoms with Crippen molar-refractivity contribution in [2.75, 3.05) is 20.2 Å². The Labute approximate surface area is 224 Å². The standard InChI is InChI=1S/C28H41N3O7/c1-27(2,3)38-26(34)30-19(10-11-22(29)32)25(33)31-13-12-20-16(15-31)14-18-23(36-20)17-8-7-9-21(35-6)24(17)37-28(18,4)5/h7-9,16,18-20,23H,10-15H2,1-6H3,(H2,29,32)(H,30,34)/t16-,18+,19-,20+,23-/m0/s1. The second-order valence-electron chi connectivity index (χ2n) is 12.1. The zero-order chi connectivity index (χ0) is 27.8. The lowest BCUT2D eigenvalue weighted by Crippen LogP contribution is -2.58. The number of amides is 3. The van der Waals surface area contributed by atoms with Crippen molar-refractivity contribution in [3.05, 3.63) is 23.8 Å². The van der Waals surface area contributed by atoms with Crippen molar-refractivity contribution in [2.45, 2.75) is 89.8 Å². The molecule has 3 heterocycles. The fourth-order valence-electron chi connectivity index (χ4n) is 5.87. The van der Waals surface area contributed by atoms with E-state index in [1.807, 2.05) is 18.2 Å². The lowest BCUT2D eigenvalue weighted by Gasteiger charge is -2.53. The maximum Gasteiger partial charge on any atom is 0.408 e. The van der Waals surface area contributed by atoms with Gasteiger partial charge in [-0.25, -0.2) is 4.79 Å². The van der Waals surface area contributed by atoms with E-state index in [0.29, 0.717) is 25.3 Å². The first-order valence-electron chi connectivity index (χ1n) is 13.4. The van der Waals surface area contributed by atoms with E-state index in [1.165, 1.54) is 0 Å². The fraction of sp³-hybridized carbons (Fsp3) is 0.679. The van der Waals surface area contributed by atoms with Gasteiger partial charge in [-0.1, -0.05) is 12.1 Å². The van der Waals surface area contributed by atoms with Crippen LogP contribution in [0.3, 0.4) is 0 Å². The van der Waals surface area contributed by atoms with Crippen LogP contribution in [0.1, 0.15) is 72.0 Å². The number of piperidine rings is 1. The highest BCUT2D eigenvalue weighted by Gasteiger charge is 2.52. The molecule has 10 nitrogen and oxygen atoms in total. The Balaban J connectivity index is 1.49. The maximum absolute atomic E-state index is 13.6. The first-order chi connectivity index (χ1) is 17.8. The smallest absolute Gasteiger partial charge is 0.408 e. The van der Waals surface area contributed by atoms with Crippen molar-refractivity contribution in [3.8, 4) is 11.5 Å². The zero-order valence-corrected chi connectivity index (χ0v) is 23.2. The van der Waals surface area contributed by atoms with Crippen molar-refractivity contribution in [3.63, 3.8) is 0 Å². The molecule has 0 spiro atoms. The number of nitrogens with zero attached hydrogens (tertiary/aromatic N) is 1. The van der Waals surface area contributed by atoms with Crippen LogP contribution in [0.15, 0.2) is 18.2 Å². The summed E-state index contributed by atoms with van der Waals surface area (Å²) >= 11 is 0. The van der Waals surface area contributed by atoms with Gasteiger partial charge in [0.25, 0.3) is 0 Å². The predicted molar refractivity (Wildman–Crippen MR) is 140 cm³/mol. The molecule has 0 unspecified atom stereocenters. The quantitative estimate of drug-likeness (QED) is 0.576. The summed E-state index contributed by atoms with van der Waals surface area (Å²) < 4.78 is 24.1. The first-order valence-corrected chi connectivity index (χ1v) is 13.4. The van der Waals surface area contributed by atoms with Crippen LogP contribution in [-0.4, -0.2) is 66.4 Å². The summed E-state index contributed by atoms with van der Waals surface area (Å²) in [4.78, 5) is 39.2. The van der Waals surface area contributed by atoms with Gasteiger partial charge in [-0.2, -0.15) is 0 Å². The molecule has 1 aromatic carbocycles. The number of rotatable bonds is 6. The van der Waals surface area contributed by atoms with E-state index in [0.717, 1.165) is 17.7 Å². The lowest BCUT2D eigenvalue weighted by molar-refractivity contribution is -0.189. The molecule has 3 amide bonds. The monoisotopic (exact) mass is 531 g/mol. The van der Waals surface area contributed by atoms with E-state index in [2.05, 4.69) is 19.2 Å². The molecule has 10 heteroatoms. The number of benzene rings is 1. The van der Waals surface area contributed by atoms with Gasteiger partial charge in [-0.3, -0.25) is 9.59 Å². The zero-order valence-electron chi connectivity index (χ0n) is 23.2. The highest BCUT2D eigenvalue weighted by molar-refractivity contribution is 5.86. The fourth-order valence-corrected chi connectivity index (χ4v) is 5.87. The van der Waals surface area contributed by atoms with Crippen LogP contribution in [0.2, 0.25) is 0 Å². The van der Waals surface area contributed by atoms with E-state index in [-0.39, 0.29) is 42.8 Å². The second-order valence-corrected chi connectivity index (χ2v) is 12.1. The molecule has 0 aliphatic carbocycles. The van der Waals surface area contributed by atoms with E-state index in [4.69, 9.17) is 24.7 Å². The highest BCUT2D eigenvalue weighted by Crippen LogP contribution is 2.55. The summed E-state index contributed by atoms with van der Waals surface area (Å²) in [5.74, 6) is 0.853. The van der Waals surface area contributed by atoms with Crippen molar-refractivity contribution in [1.29, 1.82) is 0 Å². The molecule has 2 saturated heterocycles. The Morgan fingerprint density at radius 1 is 1.26 bits per heavy atom. The van der Waals surface area contributed by atoms with Gasteiger partial charge >= 0.3 is 6.09 Å². The van der Waals surface area contributed by atoms with E-state index in [1.54, 1.807) is 32.8 Å². The van der Waals surface area contributed by atoms with Crippen LogP contribution in [0.25, 0.3) is 0 Å². The van der Waals surface area contributed by atoms with Gasteiger partial charge in [0.05, 0.1) is 19.3 Å².